The Hall–Kier alpha value is -2.90. The van der Waals surface area contributed by atoms with E-state index in [1.165, 1.54) is 4.90 Å². The van der Waals surface area contributed by atoms with E-state index in [0.29, 0.717) is 16.5 Å². The zero-order valence-electron chi connectivity index (χ0n) is 17.5. The van der Waals surface area contributed by atoms with Gasteiger partial charge >= 0.3 is 6.03 Å². The van der Waals surface area contributed by atoms with Gasteiger partial charge < -0.3 is 20.4 Å². The van der Waals surface area contributed by atoms with Gasteiger partial charge in [-0.15, -0.1) is 0 Å². The fraction of sp³-hybridized carbons (Fsp3) is 0.318. The molecule has 1 heterocycles. The minimum atomic E-state index is -0.277. The number of nitrogens with zero attached hydrogens (tertiary/aromatic N) is 4. The molecule has 0 unspecified atom stereocenters. The number of aromatic nitrogens is 2. The number of hydrogen-bond acceptors (Lipinski definition) is 5. The van der Waals surface area contributed by atoms with E-state index in [1.807, 2.05) is 36.4 Å². The average molecular weight is 427 g/mol. The van der Waals surface area contributed by atoms with Gasteiger partial charge in [-0.05, 0) is 51.3 Å². The molecule has 2 N–H and O–H groups in total. The molecule has 0 aliphatic carbocycles. The normalized spacial score (nSPS) is 11.0. The number of halogens is 1. The molecule has 0 saturated carbocycles. The molecule has 0 spiro atoms. The van der Waals surface area contributed by atoms with Crippen LogP contribution in [0, 0.1) is 0 Å². The van der Waals surface area contributed by atoms with Gasteiger partial charge in [0.05, 0.1) is 22.8 Å². The van der Waals surface area contributed by atoms with E-state index >= 15 is 0 Å². The highest BCUT2D eigenvalue weighted by atomic mass is 35.5. The number of para-hydroxylation sites is 2. The first-order valence-electron chi connectivity index (χ1n) is 9.85. The van der Waals surface area contributed by atoms with E-state index < -0.39 is 0 Å². The first-order valence-corrected chi connectivity index (χ1v) is 10.2. The molecule has 0 bridgehead atoms. The van der Waals surface area contributed by atoms with Crippen molar-refractivity contribution in [2.45, 2.75) is 13.0 Å². The van der Waals surface area contributed by atoms with Crippen LogP contribution in [0.15, 0.2) is 48.5 Å². The third-order valence-corrected chi connectivity index (χ3v) is 4.89. The van der Waals surface area contributed by atoms with Crippen molar-refractivity contribution in [3.05, 3.63) is 59.4 Å². The van der Waals surface area contributed by atoms with Gasteiger partial charge in [-0.25, -0.2) is 14.8 Å². The topological polar surface area (TPSA) is 73.4 Å². The maximum Gasteiger partial charge on any atom is 0.322 e. The monoisotopic (exact) mass is 426 g/mol. The Morgan fingerprint density at radius 2 is 1.77 bits per heavy atom. The number of hydrogen-bond donors (Lipinski definition) is 2. The number of nitrogens with one attached hydrogen (secondary N) is 2. The Balaban J connectivity index is 1.73. The van der Waals surface area contributed by atoms with Crippen LogP contribution in [0.3, 0.4) is 0 Å². The van der Waals surface area contributed by atoms with Crippen LogP contribution >= 0.6 is 11.6 Å². The van der Waals surface area contributed by atoms with Crippen molar-refractivity contribution in [2.75, 3.05) is 44.9 Å². The van der Waals surface area contributed by atoms with Crippen LogP contribution in [0.25, 0.3) is 10.9 Å². The molecule has 3 rings (SSSR count). The minimum Gasteiger partial charge on any atom is -0.369 e. The van der Waals surface area contributed by atoms with Crippen molar-refractivity contribution in [2.24, 2.45) is 0 Å². The summed E-state index contributed by atoms with van der Waals surface area (Å²) in [7, 11) is 5.82. The van der Waals surface area contributed by atoms with Crippen LogP contribution in [-0.2, 0) is 6.54 Å². The second kappa shape index (κ2) is 10.2. The number of carbonyl (C=O) groups excluding carboxylic acids is 1. The zero-order chi connectivity index (χ0) is 21.5. The van der Waals surface area contributed by atoms with Gasteiger partial charge in [0, 0.05) is 19.0 Å². The molecular formula is C22H27ClN6O. The van der Waals surface area contributed by atoms with Crippen molar-refractivity contribution >= 4 is 40.0 Å². The number of amides is 2. The van der Waals surface area contributed by atoms with Gasteiger partial charge in [0.25, 0.3) is 0 Å². The maximum absolute atomic E-state index is 12.6. The van der Waals surface area contributed by atoms with Gasteiger partial charge in [-0.3, -0.25) is 0 Å². The zero-order valence-corrected chi connectivity index (χ0v) is 18.3. The fourth-order valence-corrected chi connectivity index (χ4v) is 3.17. The predicted molar refractivity (Wildman–Crippen MR) is 123 cm³/mol. The standard InChI is InChI=1S/C22H27ClN6O/c1-28(2)14-8-13-24-21-16-9-4-6-11-18(16)25-20(27-21)15-29(3)22(30)26-19-12-7-5-10-17(19)23/h4-7,9-12H,8,13-15H2,1-3H3,(H,26,30)(H,24,25,27). The third-order valence-electron chi connectivity index (χ3n) is 4.56. The molecule has 7 nitrogen and oxygen atoms in total. The van der Waals surface area contributed by atoms with Gasteiger partial charge in [0.1, 0.15) is 5.82 Å². The van der Waals surface area contributed by atoms with Gasteiger partial charge in [-0.2, -0.15) is 0 Å². The van der Waals surface area contributed by atoms with Gasteiger partial charge in [0.15, 0.2) is 5.82 Å². The lowest BCUT2D eigenvalue weighted by atomic mass is 10.2. The van der Waals surface area contributed by atoms with E-state index in [9.17, 15) is 4.79 Å². The summed E-state index contributed by atoms with van der Waals surface area (Å²) in [5, 5.41) is 7.69. The van der Waals surface area contributed by atoms with Crippen molar-refractivity contribution in [3.8, 4) is 0 Å². The van der Waals surface area contributed by atoms with E-state index in [4.69, 9.17) is 11.6 Å². The molecule has 0 radical (unpaired) electrons. The minimum absolute atomic E-state index is 0.271. The van der Waals surface area contributed by atoms with Crippen LogP contribution in [-0.4, -0.2) is 60.0 Å². The highest BCUT2D eigenvalue weighted by Gasteiger charge is 2.14. The lowest BCUT2D eigenvalue weighted by Crippen LogP contribution is -2.31. The molecule has 0 aliphatic rings. The number of anilines is 2. The molecule has 158 valence electrons. The van der Waals surface area contributed by atoms with Crippen LogP contribution < -0.4 is 10.6 Å². The number of carbonyl (C=O) groups is 1. The molecule has 2 aromatic carbocycles. The lowest BCUT2D eigenvalue weighted by molar-refractivity contribution is 0.219. The highest BCUT2D eigenvalue weighted by molar-refractivity contribution is 6.33. The van der Waals surface area contributed by atoms with Crippen molar-refractivity contribution in [1.82, 2.24) is 19.8 Å². The Bertz CT molecular complexity index is 1010. The summed E-state index contributed by atoms with van der Waals surface area (Å²) in [6.45, 7) is 2.07. The number of urea groups is 1. The Morgan fingerprint density at radius 3 is 2.53 bits per heavy atom. The van der Waals surface area contributed by atoms with E-state index in [2.05, 4.69) is 39.6 Å². The average Bonchev–Trinajstić information content (AvgIpc) is 2.72. The summed E-state index contributed by atoms with van der Waals surface area (Å²) in [5.74, 6) is 1.36. The largest absolute Gasteiger partial charge is 0.369 e. The fourth-order valence-electron chi connectivity index (χ4n) is 2.99. The van der Waals surface area contributed by atoms with E-state index in [1.54, 1.807) is 19.2 Å². The quantitative estimate of drug-likeness (QED) is 0.525. The molecule has 3 aromatic rings. The van der Waals surface area contributed by atoms with Gasteiger partial charge in [-0.1, -0.05) is 35.9 Å². The first-order chi connectivity index (χ1) is 14.4. The SMILES string of the molecule is CN(C)CCCNc1nc(CN(C)C(=O)Nc2ccccc2Cl)nc2ccccc12. The van der Waals surface area contributed by atoms with Crippen LogP contribution in [0.2, 0.25) is 5.02 Å². The first kappa shape index (κ1) is 21.8. The molecule has 0 saturated heterocycles. The third kappa shape index (κ3) is 5.81. The molecule has 2 amide bonds. The van der Waals surface area contributed by atoms with Gasteiger partial charge in [0.2, 0.25) is 0 Å². The second-order valence-electron chi connectivity index (χ2n) is 7.36. The highest BCUT2D eigenvalue weighted by Crippen LogP contribution is 2.22. The molecule has 30 heavy (non-hydrogen) atoms. The van der Waals surface area contributed by atoms with Crippen LogP contribution in [0.5, 0.6) is 0 Å². The predicted octanol–water partition coefficient (Wildman–Crippen LogP) is 4.31. The lowest BCUT2D eigenvalue weighted by Gasteiger charge is -2.19. The molecular weight excluding hydrogens is 400 g/mol. The molecule has 0 atom stereocenters. The molecule has 0 aliphatic heterocycles. The van der Waals surface area contributed by atoms with Crippen LogP contribution in [0.1, 0.15) is 12.2 Å². The summed E-state index contributed by atoms with van der Waals surface area (Å²) in [5.41, 5.74) is 1.41. The number of fused-ring (bicyclic) bond motifs is 1. The van der Waals surface area contributed by atoms with Crippen molar-refractivity contribution < 1.29 is 4.79 Å². The summed E-state index contributed by atoms with van der Waals surface area (Å²) in [4.78, 5) is 25.6. The molecule has 8 heteroatoms. The smallest absolute Gasteiger partial charge is 0.322 e. The maximum atomic E-state index is 12.6. The molecule has 0 fully saturated rings. The Kier molecular flexibility index (Phi) is 7.43. The van der Waals surface area contributed by atoms with Crippen LogP contribution in [0.4, 0.5) is 16.3 Å². The number of benzene rings is 2. The molecule has 1 aromatic heterocycles. The summed E-state index contributed by atoms with van der Waals surface area (Å²) < 4.78 is 0. The Labute approximate surface area is 182 Å². The second-order valence-corrected chi connectivity index (χ2v) is 7.76. The van der Waals surface area contributed by atoms with Crippen molar-refractivity contribution in [3.63, 3.8) is 0 Å². The summed E-state index contributed by atoms with van der Waals surface area (Å²) >= 11 is 6.13. The summed E-state index contributed by atoms with van der Waals surface area (Å²) in [6, 6.07) is 14.7. The van der Waals surface area contributed by atoms with Crippen molar-refractivity contribution in [1.29, 1.82) is 0 Å². The summed E-state index contributed by atoms with van der Waals surface area (Å²) in [6.07, 6.45) is 1.00. The number of rotatable bonds is 8. The van der Waals surface area contributed by atoms with E-state index in [0.717, 1.165) is 36.2 Å². The van der Waals surface area contributed by atoms with E-state index in [-0.39, 0.29) is 12.6 Å². The Morgan fingerprint density at radius 1 is 1.03 bits per heavy atom.